The first-order valence-electron chi connectivity index (χ1n) is 8.61. The molecule has 3 rings (SSSR count). The van der Waals surface area contributed by atoms with E-state index in [2.05, 4.69) is 20.5 Å². The van der Waals surface area contributed by atoms with Crippen LogP contribution in [0, 0.1) is 13.8 Å². The third-order valence-electron chi connectivity index (χ3n) is 4.08. The Kier molecular flexibility index (Phi) is 5.81. The topological polar surface area (TPSA) is 130 Å². The average Bonchev–Trinajstić information content (AvgIpc) is 2.66. The second-order valence-electron chi connectivity index (χ2n) is 6.36. The summed E-state index contributed by atoms with van der Waals surface area (Å²) in [6.07, 6.45) is 0. The van der Waals surface area contributed by atoms with E-state index in [0.29, 0.717) is 17.1 Å². The van der Waals surface area contributed by atoms with Crippen LogP contribution in [-0.4, -0.2) is 13.0 Å². The van der Waals surface area contributed by atoms with Crippen molar-refractivity contribution in [2.75, 3.05) is 5.73 Å². The monoisotopic (exact) mass is 409 g/mol. The Balaban J connectivity index is 1.84. The molecule has 9 heteroatoms. The van der Waals surface area contributed by atoms with Crippen molar-refractivity contribution in [1.29, 1.82) is 0 Å². The Morgan fingerprint density at radius 2 is 1.34 bits per heavy atom. The van der Waals surface area contributed by atoms with Gasteiger partial charge in [-0.15, -0.1) is 5.11 Å². The molecule has 3 aromatic rings. The van der Waals surface area contributed by atoms with Gasteiger partial charge in [0.05, 0.1) is 17.1 Å². The highest BCUT2D eigenvalue weighted by Crippen LogP contribution is 2.30. The lowest BCUT2D eigenvalue weighted by molar-refractivity contribution is 0.483. The summed E-state index contributed by atoms with van der Waals surface area (Å²) >= 11 is 0. The van der Waals surface area contributed by atoms with Crippen LogP contribution in [0.3, 0.4) is 0 Å². The molecule has 8 nitrogen and oxygen atoms in total. The minimum atomic E-state index is -4.38. The molecule has 0 aliphatic carbocycles. The Bertz CT molecular complexity index is 1220. The van der Waals surface area contributed by atoms with E-state index in [1.807, 2.05) is 19.9 Å². The lowest BCUT2D eigenvalue weighted by atomic mass is 10.2. The van der Waals surface area contributed by atoms with E-state index >= 15 is 0 Å². The van der Waals surface area contributed by atoms with E-state index in [4.69, 9.17) is 5.73 Å². The molecule has 148 valence electrons. The first-order chi connectivity index (χ1) is 13.7. The number of benzene rings is 3. The van der Waals surface area contributed by atoms with E-state index in [9.17, 15) is 13.0 Å². The van der Waals surface area contributed by atoms with Gasteiger partial charge in [-0.2, -0.15) is 23.8 Å². The van der Waals surface area contributed by atoms with Crippen molar-refractivity contribution in [3.63, 3.8) is 0 Å². The maximum absolute atomic E-state index is 11.4. The van der Waals surface area contributed by atoms with E-state index < -0.39 is 10.1 Å². The van der Waals surface area contributed by atoms with Gasteiger partial charge in [0, 0.05) is 5.69 Å². The minimum Gasteiger partial charge on any atom is -0.399 e. The number of anilines is 1. The highest BCUT2D eigenvalue weighted by atomic mass is 32.2. The largest absolute Gasteiger partial charge is 0.399 e. The number of hydrogen-bond acceptors (Lipinski definition) is 7. The second kappa shape index (κ2) is 8.29. The zero-order valence-corrected chi connectivity index (χ0v) is 16.6. The van der Waals surface area contributed by atoms with Gasteiger partial charge in [-0.1, -0.05) is 12.1 Å². The van der Waals surface area contributed by atoms with Crippen LogP contribution < -0.4 is 5.73 Å². The Morgan fingerprint density at radius 3 is 2.00 bits per heavy atom. The van der Waals surface area contributed by atoms with Gasteiger partial charge in [0.25, 0.3) is 10.1 Å². The number of nitrogens with zero attached hydrogens (tertiary/aromatic N) is 4. The van der Waals surface area contributed by atoms with Crippen LogP contribution in [0.15, 0.2) is 86.0 Å². The molecule has 0 spiro atoms. The van der Waals surface area contributed by atoms with Gasteiger partial charge in [0.2, 0.25) is 0 Å². The number of rotatable bonds is 5. The Morgan fingerprint density at radius 1 is 0.759 bits per heavy atom. The van der Waals surface area contributed by atoms with Crippen molar-refractivity contribution in [3.8, 4) is 0 Å². The van der Waals surface area contributed by atoms with Gasteiger partial charge in [0.15, 0.2) is 0 Å². The smallest absolute Gasteiger partial charge is 0.296 e. The van der Waals surface area contributed by atoms with Gasteiger partial charge in [-0.3, -0.25) is 4.55 Å². The van der Waals surface area contributed by atoms with Crippen molar-refractivity contribution >= 4 is 38.6 Å². The molecule has 0 aliphatic rings. The molecule has 3 N–H and O–H groups in total. The Labute approximate surface area is 168 Å². The molecule has 0 heterocycles. The highest BCUT2D eigenvalue weighted by Gasteiger charge is 2.14. The molecule has 0 amide bonds. The molecule has 0 aliphatic heterocycles. The third-order valence-corrected chi connectivity index (χ3v) is 4.98. The fraction of sp³-hybridized carbons (Fsp3) is 0.100. The molecule has 0 unspecified atom stereocenters. The highest BCUT2D eigenvalue weighted by molar-refractivity contribution is 7.86. The number of nitrogen functional groups attached to an aromatic ring is 1. The lowest BCUT2D eigenvalue weighted by Crippen LogP contribution is -1.97. The molecule has 0 saturated carbocycles. The van der Waals surface area contributed by atoms with E-state index in [-0.39, 0.29) is 10.6 Å². The maximum atomic E-state index is 11.4. The fourth-order valence-corrected chi connectivity index (χ4v) is 3.21. The predicted molar refractivity (Wildman–Crippen MR) is 111 cm³/mol. The number of hydrogen-bond donors (Lipinski definition) is 2. The molecule has 3 aromatic carbocycles. The normalized spacial score (nSPS) is 12.1. The van der Waals surface area contributed by atoms with Crippen molar-refractivity contribution in [2.24, 2.45) is 20.5 Å². The van der Waals surface area contributed by atoms with E-state index in [1.165, 1.54) is 18.2 Å². The molecule has 0 radical (unpaired) electrons. The van der Waals surface area contributed by atoms with Crippen molar-refractivity contribution in [3.05, 3.63) is 71.8 Å². The molecule has 0 fully saturated rings. The fourth-order valence-electron chi connectivity index (χ4n) is 2.58. The van der Waals surface area contributed by atoms with E-state index in [0.717, 1.165) is 16.8 Å². The van der Waals surface area contributed by atoms with Gasteiger partial charge in [0.1, 0.15) is 10.6 Å². The summed E-state index contributed by atoms with van der Waals surface area (Å²) in [7, 11) is -4.38. The zero-order chi connectivity index (χ0) is 21.0. The van der Waals surface area contributed by atoms with Crippen LogP contribution in [0.4, 0.5) is 28.4 Å². The first kappa shape index (κ1) is 20.3. The minimum absolute atomic E-state index is 0.0528. The molecule has 0 aromatic heterocycles. The quantitative estimate of drug-likeness (QED) is 0.306. The van der Waals surface area contributed by atoms with Crippen LogP contribution >= 0.6 is 0 Å². The number of nitrogens with two attached hydrogens (primary N) is 1. The number of aryl methyl sites for hydroxylation is 2. The summed E-state index contributed by atoms with van der Waals surface area (Å²) in [5, 5.41) is 16.5. The van der Waals surface area contributed by atoms with Crippen LogP contribution in [0.2, 0.25) is 0 Å². The summed E-state index contributed by atoms with van der Waals surface area (Å²) in [5.41, 5.74) is 10.1. The molecule has 0 saturated heterocycles. The van der Waals surface area contributed by atoms with Crippen LogP contribution in [0.25, 0.3) is 0 Å². The van der Waals surface area contributed by atoms with Gasteiger partial charge < -0.3 is 5.73 Å². The van der Waals surface area contributed by atoms with Crippen LogP contribution in [0.1, 0.15) is 11.1 Å². The van der Waals surface area contributed by atoms with Crippen LogP contribution in [0.5, 0.6) is 0 Å². The summed E-state index contributed by atoms with van der Waals surface area (Å²) < 4.78 is 32.2. The standard InChI is InChI=1S/C20H19N5O3S/c1-13-11-15(21)7-9-17(13)23-22-16-8-10-18(14(2)12-16)24-25-19-5-3-4-6-20(19)29(26,27)28/h3-12H,21H2,1-2H3,(H,26,27,28). The maximum Gasteiger partial charge on any atom is 0.296 e. The van der Waals surface area contributed by atoms with Crippen LogP contribution in [-0.2, 0) is 10.1 Å². The van der Waals surface area contributed by atoms with Gasteiger partial charge >= 0.3 is 0 Å². The Hall–Kier alpha value is -3.43. The third kappa shape index (κ3) is 5.09. The molecule has 29 heavy (non-hydrogen) atoms. The summed E-state index contributed by atoms with van der Waals surface area (Å²) in [6, 6.07) is 16.4. The first-order valence-corrected chi connectivity index (χ1v) is 10.0. The number of azo groups is 2. The van der Waals surface area contributed by atoms with Crippen molar-refractivity contribution < 1.29 is 13.0 Å². The molecule has 0 atom stereocenters. The summed E-state index contributed by atoms with van der Waals surface area (Å²) in [4.78, 5) is -0.300. The average molecular weight is 409 g/mol. The molecular formula is C20H19N5O3S. The van der Waals surface area contributed by atoms with Crippen molar-refractivity contribution in [2.45, 2.75) is 18.7 Å². The van der Waals surface area contributed by atoms with Gasteiger partial charge in [-0.05, 0) is 73.5 Å². The van der Waals surface area contributed by atoms with Crippen molar-refractivity contribution in [1.82, 2.24) is 0 Å². The predicted octanol–water partition coefficient (Wildman–Crippen LogP) is 5.96. The molecule has 0 bridgehead atoms. The van der Waals surface area contributed by atoms with E-state index in [1.54, 1.807) is 36.4 Å². The lowest BCUT2D eigenvalue weighted by Gasteiger charge is -2.03. The SMILES string of the molecule is Cc1cc(N)ccc1N=Nc1ccc(N=Nc2ccccc2S(=O)(=O)O)c(C)c1. The summed E-state index contributed by atoms with van der Waals surface area (Å²) in [6.45, 7) is 3.74. The second-order valence-corrected chi connectivity index (χ2v) is 7.75. The molecular weight excluding hydrogens is 390 g/mol. The summed E-state index contributed by atoms with van der Waals surface area (Å²) in [5.74, 6) is 0. The zero-order valence-electron chi connectivity index (χ0n) is 15.8. The van der Waals surface area contributed by atoms with Gasteiger partial charge in [-0.25, -0.2) is 0 Å².